The lowest BCUT2D eigenvalue weighted by Crippen LogP contribution is -2.24. The van der Waals surface area contributed by atoms with Gasteiger partial charge in [0.2, 0.25) is 0 Å². The number of alkyl halides is 1. The summed E-state index contributed by atoms with van der Waals surface area (Å²) in [5.41, 5.74) is 0.978. The lowest BCUT2D eigenvalue weighted by atomic mass is 10.1. The second kappa shape index (κ2) is 5.47. The number of hydrogen-bond donors (Lipinski definition) is 0. The van der Waals surface area contributed by atoms with E-state index in [1.807, 2.05) is 45.0 Å². The van der Waals surface area contributed by atoms with Crippen LogP contribution >= 0.6 is 11.6 Å². The van der Waals surface area contributed by atoms with E-state index in [1.54, 1.807) is 0 Å². The van der Waals surface area contributed by atoms with Gasteiger partial charge >= 0.3 is 0 Å². The molecule has 1 aromatic rings. The van der Waals surface area contributed by atoms with Crippen molar-refractivity contribution in [3.63, 3.8) is 0 Å². The van der Waals surface area contributed by atoms with Crippen LogP contribution in [0.4, 0.5) is 0 Å². The Bertz CT molecular complexity index is 391. The SMILES string of the molecule is CC(C)Oc1ccc(C2(C)OCC(CCl)O2)cc1. The van der Waals surface area contributed by atoms with Crippen molar-refractivity contribution in [2.45, 2.75) is 38.8 Å². The van der Waals surface area contributed by atoms with Gasteiger partial charge in [-0.05, 0) is 45.0 Å². The summed E-state index contributed by atoms with van der Waals surface area (Å²) in [5, 5.41) is 0. The second-order valence-corrected chi connectivity index (χ2v) is 5.15. The first kappa shape index (κ1) is 13.7. The minimum Gasteiger partial charge on any atom is -0.491 e. The fourth-order valence-corrected chi connectivity index (χ4v) is 2.13. The molecule has 4 heteroatoms. The molecule has 1 aromatic carbocycles. The molecule has 18 heavy (non-hydrogen) atoms. The van der Waals surface area contributed by atoms with Crippen LogP contribution in [0.3, 0.4) is 0 Å². The van der Waals surface area contributed by atoms with Crippen molar-refractivity contribution in [3.8, 4) is 5.75 Å². The largest absolute Gasteiger partial charge is 0.491 e. The van der Waals surface area contributed by atoms with Crippen LogP contribution in [0.2, 0.25) is 0 Å². The fraction of sp³-hybridized carbons (Fsp3) is 0.571. The smallest absolute Gasteiger partial charge is 0.192 e. The highest BCUT2D eigenvalue weighted by Gasteiger charge is 2.38. The number of halogens is 1. The Labute approximate surface area is 113 Å². The number of hydrogen-bond acceptors (Lipinski definition) is 3. The van der Waals surface area contributed by atoms with Crippen molar-refractivity contribution in [2.75, 3.05) is 12.5 Å². The molecule has 2 atom stereocenters. The molecule has 0 bridgehead atoms. The van der Waals surface area contributed by atoms with Crippen LogP contribution in [0.25, 0.3) is 0 Å². The molecule has 0 N–H and O–H groups in total. The van der Waals surface area contributed by atoms with Crippen molar-refractivity contribution in [2.24, 2.45) is 0 Å². The molecule has 1 fully saturated rings. The predicted molar refractivity (Wildman–Crippen MR) is 71.1 cm³/mol. The number of ether oxygens (including phenoxy) is 3. The third kappa shape index (κ3) is 2.97. The molecule has 0 spiro atoms. The Morgan fingerprint density at radius 2 is 2.06 bits per heavy atom. The molecule has 2 rings (SSSR count). The lowest BCUT2D eigenvalue weighted by Gasteiger charge is -2.24. The first-order valence-electron chi connectivity index (χ1n) is 6.18. The highest BCUT2D eigenvalue weighted by Crippen LogP contribution is 2.34. The molecule has 1 saturated heterocycles. The average Bonchev–Trinajstić information content (AvgIpc) is 2.72. The summed E-state index contributed by atoms with van der Waals surface area (Å²) in [6.45, 7) is 6.45. The molecular weight excluding hydrogens is 252 g/mol. The molecule has 1 aliphatic rings. The van der Waals surface area contributed by atoms with E-state index in [0.717, 1.165) is 11.3 Å². The molecule has 0 radical (unpaired) electrons. The topological polar surface area (TPSA) is 27.7 Å². The van der Waals surface area contributed by atoms with E-state index < -0.39 is 5.79 Å². The minimum atomic E-state index is -0.698. The van der Waals surface area contributed by atoms with Gasteiger partial charge in [-0.25, -0.2) is 0 Å². The van der Waals surface area contributed by atoms with E-state index in [2.05, 4.69) is 0 Å². The Balaban J connectivity index is 2.10. The van der Waals surface area contributed by atoms with Gasteiger partial charge in [0.25, 0.3) is 0 Å². The van der Waals surface area contributed by atoms with Crippen LogP contribution in [0.5, 0.6) is 5.75 Å². The van der Waals surface area contributed by atoms with E-state index in [0.29, 0.717) is 12.5 Å². The predicted octanol–water partition coefficient (Wildman–Crippen LogP) is 3.30. The number of rotatable bonds is 4. The van der Waals surface area contributed by atoms with Crippen LogP contribution < -0.4 is 4.74 Å². The summed E-state index contributed by atoms with van der Waals surface area (Å²) in [6.07, 6.45) is 0.134. The molecule has 0 aromatic heterocycles. The third-order valence-corrected chi connectivity index (χ3v) is 3.20. The quantitative estimate of drug-likeness (QED) is 0.786. The summed E-state index contributed by atoms with van der Waals surface area (Å²) in [4.78, 5) is 0. The molecule has 1 aliphatic heterocycles. The summed E-state index contributed by atoms with van der Waals surface area (Å²) in [7, 11) is 0. The molecular formula is C14H19ClO3. The maximum absolute atomic E-state index is 5.81. The van der Waals surface area contributed by atoms with Gasteiger partial charge < -0.3 is 14.2 Å². The molecule has 0 amide bonds. The Morgan fingerprint density at radius 1 is 1.39 bits per heavy atom. The summed E-state index contributed by atoms with van der Waals surface area (Å²) in [5.74, 6) is 0.601. The van der Waals surface area contributed by atoms with E-state index in [-0.39, 0.29) is 12.2 Å². The zero-order valence-corrected chi connectivity index (χ0v) is 11.7. The zero-order chi connectivity index (χ0) is 13.2. The van der Waals surface area contributed by atoms with Crippen LogP contribution in [0, 0.1) is 0 Å². The van der Waals surface area contributed by atoms with Gasteiger partial charge in [0, 0.05) is 5.56 Å². The second-order valence-electron chi connectivity index (χ2n) is 4.84. The van der Waals surface area contributed by atoms with Crippen molar-refractivity contribution >= 4 is 11.6 Å². The molecule has 3 nitrogen and oxygen atoms in total. The lowest BCUT2D eigenvalue weighted by molar-refractivity contribution is -0.159. The van der Waals surface area contributed by atoms with Gasteiger partial charge in [-0.2, -0.15) is 0 Å². The maximum atomic E-state index is 5.81. The average molecular weight is 271 g/mol. The van der Waals surface area contributed by atoms with Gasteiger partial charge in [0.05, 0.1) is 24.7 Å². The Hall–Kier alpha value is -0.770. The monoisotopic (exact) mass is 270 g/mol. The fourth-order valence-electron chi connectivity index (χ4n) is 1.97. The Kier molecular flexibility index (Phi) is 4.15. The maximum Gasteiger partial charge on any atom is 0.192 e. The van der Waals surface area contributed by atoms with Gasteiger partial charge in [0.15, 0.2) is 5.79 Å². The van der Waals surface area contributed by atoms with Crippen LogP contribution in [0.1, 0.15) is 26.3 Å². The van der Waals surface area contributed by atoms with Crippen molar-refractivity contribution in [1.29, 1.82) is 0 Å². The van der Waals surface area contributed by atoms with Gasteiger partial charge in [-0.15, -0.1) is 11.6 Å². The minimum absolute atomic E-state index is 0.0387. The molecule has 1 heterocycles. The van der Waals surface area contributed by atoms with Gasteiger partial charge in [-0.3, -0.25) is 0 Å². The zero-order valence-electron chi connectivity index (χ0n) is 11.0. The van der Waals surface area contributed by atoms with E-state index >= 15 is 0 Å². The first-order chi connectivity index (χ1) is 8.53. The summed E-state index contributed by atoms with van der Waals surface area (Å²) in [6, 6.07) is 7.80. The van der Waals surface area contributed by atoms with Gasteiger partial charge in [-0.1, -0.05) is 0 Å². The molecule has 100 valence electrons. The first-order valence-corrected chi connectivity index (χ1v) is 6.72. The van der Waals surface area contributed by atoms with Crippen molar-refractivity contribution < 1.29 is 14.2 Å². The normalized spacial score (nSPS) is 27.7. The van der Waals surface area contributed by atoms with Crippen molar-refractivity contribution in [1.82, 2.24) is 0 Å². The Morgan fingerprint density at radius 3 is 2.56 bits per heavy atom. The van der Waals surface area contributed by atoms with Crippen LogP contribution in [-0.4, -0.2) is 24.7 Å². The molecule has 0 aliphatic carbocycles. The van der Waals surface area contributed by atoms with Gasteiger partial charge in [0.1, 0.15) is 5.75 Å². The highest BCUT2D eigenvalue weighted by molar-refractivity contribution is 6.18. The molecule has 0 saturated carbocycles. The van der Waals surface area contributed by atoms with E-state index in [4.69, 9.17) is 25.8 Å². The standard InChI is InChI=1S/C14H19ClO3/c1-10(2)17-12-6-4-11(5-7-12)14(3)16-9-13(8-15)18-14/h4-7,10,13H,8-9H2,1-3H3. The highest BCUT2D eigenvalue weighted by atomic mass is 35.5. The number of benzene rings is 1. The van der Waals surface area contributed by atoms with E-state index in [9.17, 15) is 0 Å². The van der Waals surface area contributed by atoms with E-state index in [1.165, 1.54) is 0 Å². The summed E-state index contributed by atoms with van der Waals surface area (Å²) >= 11 is 5.78. The molecule has 2 unspecified atom stereocenters. The summed E-state index contributed by atoms with van der Waals surface area (Å²) < 4.78 is 17.1. The van der Waals surface area contributed by atoms with Crippen molar-refractivity contribution in [3.05, 3.63) is 29.8 Å². The van der Waals surface area contributed by atoms with Crippen LogP contribution in [-0.2, 0) is 15.3 Å². The van der Waals surface area contributed by atoms with Crippen LogP contribution in [0.15, 0.2) is 24.3 Å². The third-order valence-electron chi connectivity index (χ3n) is 2.86.